The molecule has 1 unspecified atom stereocenters. The zero-order valence-corrected chi connectivity index (χ0v) is 6.87. The van der Waals surface area contributed by atoms with Gasteiger partial charge in [0.1, 0.15) is 0 Å². The SMILES string of the molecule is CCC(C)OCCC(=O)OO. The molecule has 0 aliphatic carbocycles. The van der Waals surface area contributed by atoms with E-state index in [1.807, 2.05) is 13.8 Å². The molecule has 1 atom stereocenters. The summed E-state index contributed by atoms with van der Waals surface area (Å²) in [6, 6.07) is 0. The van der Waals surface area contributed by atoms with Gasteiger partial charge in [-0.3, -0.25) is 0 Å². The van der Waals surface area contributed by atoms with Crippen molar-refractivity contribution in [1.29, 1.82) is 0 Å². The Morgan fingerprint density at radius 1 is 1.64 bits per heavy atom. The highest BCUT2D eigenvalue weighted by Crippen LogP contribution is 1.96. The molecule has 0 heterocycles. The summed E-state index contributed by atoms with van der Waals surface area (Å²) >= 11 is 0. The Bertz CT molecular complexity index is 113. The van der Waals surface area contributed by atoms with Crippen LogP contribution in [0.4, 0.5) is 0 Å². The van der Waals surface area contributed by atoms with Gasteiger partial charge in [0.25, 0.3) is 0 Å². The van der Waals surface area contributed by atoms with E-state index < -0.39 is 5.97 Å². The van der Waals surface area contributed by atoms with Gasteiger partial charge < -0.3 is 9.62 Å². The lowest BCUT2D eigenvalue weighted by molar-refractivity contribution is -0.235. The molecule has 0 aliphatic heterocycles. The monoisotopic (exact) mass is 162 g/mol. The van der Waals surface area contributed by atoms with Crippen molar-refractivity contribution in [3.63, 3.8) is 0 Å². The van der Waals surface area contributed by atoms with Crippen LogP contribution in [0.3, 0.4) is 0 Å². The summed E-state index contributed by atoms with van der Waals surface area (Å²) in [6.45, 7) is 4.22. The van der Waals surface area contributed by atoms with E-state index in [2.05, 4.69) is 4.89 Å². The molecular weight excluding hydrogens is 148 g/mol. The van der Waals surface area contributed by atoms with E-state index in [0.29, 0.717) is 6.61 Å². The third-order valence-corrected chi connectivity index (χ3v) is 1.39. The Balaban J connectivity index is 3.20. The van der Waals surface area contributed by atoms with Gasteiger partial charge in [-0.25, -0.2) is 4.79 Å². The molecule has 0 aromatic heterocycles. The maximum atomic E-state index is 10.3. The minimum atomic E-state index is -0.659. The highest BCUT2D eigenvalue weighted by Gasteiger charge is 2.03. The second-order valence-electron chi connectivity index (χ2n) is 2.30. The summed E-state index contributed by atoms with van der Waals surface area (Å²) in [7, 11) is 0. The summed E-state index contributed by atoms with van der Waals surface area (Å²) in [5, 5.41) is 7.85. The molecule has 0 saturated heterocycles. The van der Waals surface area contributed by atoms with Crippen LogP contribution in [0.15, 0.2) is 0 Å². The quantitative estimate of drug-likeness (QED) is 0.487. The van der Waals surface area contributed by atoms with E-state index in [1.54, 1.807) is 0 Å². The lowest BCUT2D eigenvalue weighted by Gasteiger charge is -2.08. The van der Waals surface area contributed by atoms with Gasteiger partial charge in [-0.1, -0.05) is 6.92 Å². The minimum Gasteiger partial charge on any atom is -0.378 e. The van der Waals surface area contributed by atoms with Gasteiger partial charge in [0.2, 0.25) is 0 Å². The first-order chi connectivity index (χ1) is 5.20. The van der Waals surface area contributed by atoms with E-state index in [9.17, 15) is 4.79 Å². The summed E-state index contributed by atoms with van der Waals surface area (Å²) in [6.07, 6.45) is 1.16. The molecule has 0 radical (unpaired) electrons. The first kappa shape index (κ1) is 10.4. The van der Waals surface area contributed by atoms with Crippen molar-refractivity contribution in [2.24, 2.45) is 0 Å². The molecular formula is C7H14O4. The van der Waals surface area contributed by atoms with Crippen molar-refractivity contribution >= 4 is 5.97 Å². The van der Waals surface area contributed by atoms with Gasteiger partial charge >= 0.3 is 5.97 Å². The number of hydrogen-bond acceptors (Lipinski definition) is 4. The van der Waals surface area contributed by atoms with Crippen molar-refractivity contribution < 1.29 is 19.7 Å². The first-order valence-corrected chi connectivity index (χ1v) is 3.66. The van der Waals surface area contributed by atoms with E-state index in [1.165, 1.54) is 0 Å². The molecule has 4 nitrogen and oxygen atoms in total. The lowest BCUT2D eigenvalue weighted by atomic mass is 10.3. The number of carbonyl (C=O) groups is 1. The molecule has 0 aromatic carbocycles. The Morgan fingerprint density at radius 3 is 2.73 bits per heavy atom. The first-order valence-electron chi connectivity index (χ1n) is 3.66. The molecule has 66 valence electrons. The Morgan fingerprint density at radius 2 is 2.27 bits per heavy atom. The molecule has 4 heteroatoms. The summed E-state index contributed by atoms with van der Waals surface area (Å²) in [4.78, 5) is 13.8. The smallest absolute Gasteiger partial charge is 0.344 e. The molecule has 0 aromatic rings. The van der Waals surface area contributed by atoms with Crippen LogP contribution >= 0.6 is 0 Å². The maximum absolute atomic E-state index is 10.3. The van der Waals surface area contributed by atoms with Crippen molar-refractivity contribution in [2.75, 3.05) is 6.61 Å². The van der Waals surface area contributed by atoms with Crippen LogP contribution in [0.25, 0.3) is 0 Å². The average molecular weight is 162 g/mol. The molecule has 0 amide bonds. The highest BCUT2D eigenvalue weighted by atomic mass is 17.1. The van der Waals surface area contributed by atoms with Gasteiger partial charge in [0.05, 0.1) is 19.1 Å². The van der Waals surface area contributed by atoms with Crippen molar-refractivity contribution in [2.45, 2.75) is 32.8 Å². The third kappa shape index (κ3) is 5.82. The molecule has 0 spiro atoms. The summed E-state index contributed by atoms with van der Waals surface area (Å²) in [5.41, 5.74) is 0. The normalized spacial score (nSPS) is 12.6. The van der Waals surface area contributed by atoms with Crippen LogP contribution in [-0.2, 0) is 14.4 Å². The van der Waals surface area contributed by atoms with Crippen molar-refractivity contribution in [1.82, 2.24) is 0 Å². The topological polar surface area (TPSA) is 55.8 Å². The van der Waals surface area contributed by atoms with Crippen LogP contribution in [0.2, 0.25) is 0 Å². The fourth-order valence-corrected chi connectivity index (χ4v) is 0.507. The predicted molar refractivity (Wildman–Crippen MR) is 39.0 cm³/mol. The number of carbonyl (C=O) groups excluding carboxylic acids is 1. The van der Waals surface area contributed by atoms with Crippen LogP contribution < -0.4 is 0 Å². The molecule has 0 aliphatic rings. The van der Waals surface area contributed by atoms with Gasteiger partial charge in [-0.2, -0.15) is 5.26 Å². The van der Waals surface area contributed by atoms with Crippen LogP contribution in [0, 0.1) is 0 Å². The van der Waals surface area contributed by atoms with Crippen LogP contribution in [-0.4, -0.2) is 23.9 Å². The van der Waals surface area contributed by atoms with Gasteiger partial charge in [0, 0.05) is 0 Å². The molecule has 0 rings (SSSR count). The molecule has 0 saturated carbocycles. The standard InChI is InChI=1S/C7H14O4/c1-3-6(2)10-5-4-7(8)11-9/h6,9H,3-5H2,1-2H3. The Kier molecular flexibility index (Phi) is 5.78. The summed E-state index contributed by atoms with van der Waals surface area (Å²) < 4.78 is 5.15. The predicted octanol–water partition coefficient (Wildman–Crippen LogP) is 1.21. The van der Waals surface area contributed by atoms with E-state index in [4.69, 9.17) is 9.99 Å². The molecule has 0 bridgehead atoms. The maximum Gasteiger partial charge on any atom is 0.344 e. The van der Waals surface area contributed by atoms with Crippen LogP contribution in [0.1, 0.15) is 26.7 Å². The molecule has 11 heavy (non-hydrogen) atoms. The van der Waals surface area contributed by atoms with Gasteiger partial charge in [0.15, 0.2) is 0 Å². The second-order valence-corrected chi connectivity index (χ2v) is 2.30. The molecule has 0 fully saturated rings. The zero-order chi connectivity index (χ0) is 8.69. The minimum absolute atomic E-state index is 0.0981. The highest BCUT2D eigenvalue weighted by molar-refractivity contribution is 5.68. The summed E-state index contributed by atoms with van der Waals surface area (Å²) in [5.74, 6) is -0.659. The zero-order valence-electron chi connectivity index (χ0n) is 6.87. The number of ether oxygens (including phenoxy) is 1. The fraction of sp³-hybridized carbons (Fsp3) is 0.857. The van der Waals surface area contributed by atoms with Crippen molar-refractivity contribution in [3.05, 3.63) is 0 Å². The number of rotatable bonds is 5. The third-order valence-electron chi connectivity index (χ3n) is 1.39. The van der Waals surface area contributed by atoms with Gasteiger partial charge in [-0.15, -0.1) is 0 Å². The Labute approximate surface area is 66.0 Å². The second kappa shape index (κ2) is 6.12. The van der Waals surface area contributed by atoms with E-state index >= 15 is 0 Å². The van der Waals surface area contributed by atoms with E-state index in [0.717, 1.165) is 6.42 Å². The van der Waals surface area contributed by atoms with Crippen LogP contribution in [0.5, 0.6) is 0 Å². The van der Waals surface area contributed by atoms with E-state index in [-0.39, 0.29) is 12.5 Å². The lowest BCUT2D eigenvalue weighted by Crippen LogP contribution is -2.11. The Hall–Kier alpha value is -0.610. The fourth-order valence-electron chi connectivity index (χ4n) is 0.507. The largest absolute Gasteiger partial charge is 0.378 e. The molecule has 1 N–H and O–H groups in total. The van der Waals surface area contributed by atoms with Crippen molar-refractivity contribution in [3.8, 4) is 0 Å². The van der Waals surface area contributed by atoms with Gasteiger partial charge in [-0.05, 0) is 13.3 Å². The average Bonchev–Trinajstić information content (AvgIpc) is 2.04. The number of hydrogen-bond donors (Lipinski definition) is 1.